The third kappa shape index (κ3) is 4.78. The van der Waals surface area contributed by atoms with E-state index in [1.165, 1.54) is 23.5 Å². The third-order valence-electron chi connectivity index (χ3n) is 5.76. The number of carbonyl (C=O) groups excluding carboxylic acids is 2. The number of fused-ring (bicyclic) bond motifs is 1. The number of rotatable bonds is 5. The van der Waals surface area contributed by atoms with E-state index in [9.17, 15) is 18.0 Å². The molecule has 0 bridgehead atoms. The lowest BCUT2D eigenvalue weighted by molar-refractivity contribution is -0.123. The molecular weight excluding hydrogens is 470 g/mol. The van der Waals surface area contributed by atoms with Crippen molar-refractivity contribution in [2.24, 2.45) is 5.92 Å². The summed E-state index contributed by atoms with van der Waals surface area (Å²) in [5, 5.41) is 5.88. The van der Waals surface area contributed by atoms with Gasteiger partial charge in [0.1, 0.15) is 11.5 Å². The second kappa shape index (κ2) is 9.20. The zero-order valence-electron chi connectivity index (χ0n) is 18.1. The van der Waals surface area contributed by atoms with Gasteiger partial charge in [-0.3, -0.25) is 9.59 Å². The number of carbonyl (C=O) groups is 2. The van der Waals surface area contributed by atoms with Crippen LogP contribution in [0, 0.1) is 5.92 Å². The summed E-state index contributed by atoms with van der Waals surface area (Å²) >= 11 is 6.11. The van der Waals surface area contributed by atoms with Gasteiger partial charge >= 0.3 is 0 Å². The van der Waals surface area contributed by atoms with Crippen molar-refractivity contribution in [3.8, 4) is 11.5 Å². The fourth-order valence-electron chi connectivity index (χ4n) is 3.84. The Kier molecular flexibility index (Phi) is 6.51. The van der Waals surface area contributed by atoms with Gasteiger partial charge in [0.15, 0.2) is 6.10 Å². The first kappa shape index (κ1) is 23.3. The Hall–Kier alpha value is -2.82. The molecule has 2 aliphatic heterocycles. The summed E-state index contributed by atoms with van der Waals surface area (Å²) in [6.07, 6.45) is 0.133. The van der Waals surface area contributed by atoms with Crippen molar-refractivity contribution in [2.75, 3.05) is 30.8 Å². The Bertz CT molecular complexity index is 1190. The maximum Gasteiger partial charge on any atom is 0.265 e. The summed E-state index contributed by atoms with van der Waals surface area (Å²) in [5.41, 5.74) is 0.875. The van der Waals surface area contributed by atoms with Crippen LogP contribution in [0.15, 0.2) is 41.3 Å². The molecule has 2 aromatic carbocycles. The van der Waals surface area contributed by atoms with E-state index in [4.69, 9.17) is 21.1 Å². The van der Waals surface area contributed by atoms with Gasteiger partial charge < -0.3 is 20.1 Å². The average Bonchev–Trinajstić information content (AvgIpc) is 2.79. The molecule has 0 saturated carbocycles. The van der Waals surface area contributed by atoms with Crippen LogP contribution in [-0.4, -0.2) is 50.8 Å². The lowest BCUT2D eigenvalue weighted by Gasteiger charge is -2.31. The Labute approximate surface area is 197 Å². The Morgan fingerprint density at radius 1 is 1.21 bits per heavy atom. The first-order valence-corrected chi connectivity index (χ1v) is 12.3. The van der Waals surface area contributed by atoms with Gasteiger partial charge in [0.25, 0.3) is 5.91 Å². The number of nitrogens with one attached hydrogen (secondary N) is 2. The minimum absolute atomic E-state index is 0.0653. The number of hydrogen-bond acceptors (Lipinski definition) is 6. The molecule has 33 heavy (non-hydrogen) atoms. The number of benzene rings is 2. The molecule has 11 heteroatoms. The number of methoxy groups -OCH3 is 1. The van der Waals surface area contributed by atoms with E-state index in [1.54, 1.807) is 31.2 Å². The SMILES string of the molecule is COc1ccc(NC(=O)C2CCN(S(=O)(=O)c3ccc4c(c3)NC(=O)C(C)O4)CC2)cc1Cl. The molecule has 176 valence electrons. The van der Waals surface area contributed by atoms with Crippen LogP contribution in [0.4, 0.5) is 11.4 Å². The predicted molar refractivity (Wildman–Crippen MR) is 123 cm³/mol. The maximum atomic E-state index is 13.1. The van der Waals surface area contributed by atoms with E-state index in [1.807, 2.05) is 0 Å². The van der Waals surface area contributed by atoms with Gasteiger partial charge in [-0.2, -0.15) is 4.31 Å². The monoisotopic (exact) mass is 493 g/mol. The largest absolute Gasteiger partial charge is 0.495 e. The highest BCUT2D eigenvalue weighted by Crippen LogP contribution is 2.34. The minimum atomic E-state index is -3.78. The van der Waals surface area contributed by atoms with Crippen LogP contribution < -0.4 is 20.1 Å². The van der Waals surface area contributed by atoms with E-state index in [-0.39, 0.29) is 35.7 Å². The minimum Gasteiger partial charge on any atom is -0.495 e. The fraction of sp³-hybridized carbons (Fsp3) is 0.364. The van der Waals surface area contributed by atoms with Crippen molar-refractivity contribution in [1.29, 1.82) is 0 Å². The number of anilines is 2. The predicted octanol–water partition coefficient (Wildman–Crippen LogP) is 3.11. The standard InChI is InChI=1S/C22H24ClN3O6S/c1-13-21(27)25-18-12-16(4-6-20(18)32-13)33(29,30)26-9-7-14(8-10-26)22(28)24-15-3-5-19(31-2)17(23)11-15/h3-6,11-14H,7-10H2,1-2H3,(H,24,28)(H,25,27). The van der Waals surface area contributed by atoms with Crippen LogP contribution in [0.3, 0.4) is 0 Å². The topological polar surface area (TPSA) is 114 Å². The van der Waals surface area contributed by atoms with Gasteiger partial charge in [0.05, 0.1) is 22.7 Å². The molecule has 0 aromatic heterocycles. The number of nitrogens with zero attached hydrogens (tertiary/aromatic N) is 1. The first-order valence-electron chi connectivity index (χ1n) is 10.4. The summed E-state index contributed by atoms with van der Waals surface area (Å²) in [6.45, 7) is 2.04. The molecule has 1 atom stereocenters. The second-order valence-electron chi connectivity index (χ2n) is 7.92. The number of sulfonamides is 1. The highest BCUT2D eigenvalue weighted by molar-refractivity contribution is 7.89. The highest BCUT2D eigenvalue weighted by atomic mass is 35.5. The molecular formula is C22H24ClN3O6S. The molecule has 0 aliphatic carbocycles. The Morgan fingerprint density at radius 2 is 1.94 bits per heavy atom. The van der Waals surface area contributed by atoms with Crippen molar-refractivity contribution >= 4 is 44.8 Å². The lowest BCUT2D eigenvalue weighted by Crippen LogP contribution is -2.41. The molecule has 2 amide bonds. The van der Waals surface area contributed by atoms with E-state index in [2.05, 4.69) is 10.6 Å². The smallest absolute Gasteiger partial charge is 0.265 e. The van der Waals surface area contributed by atoms with Crippen LogP contribution in [0.1, 0.15) is 19.8 Å². The summed E-state index contributed by atoms with van der Waals surface area (Å²) in [6, 6.07) is 9.38. The molecule has 1 unspecified atom stereocenters. The first-order chi connectivity index (χ1) is 15.7. The van der Waals surface area contributed by atoms with E-state index < -0.39 is 16.1 Å². The molecule has 2 N–H and O–H groups in total. The Balaban J connectivity index is 1.40. The zero-order chi connectivity index (χ0) is 23.8. The van der Waals surface area contributed by atoms with Crippen LogP contribution in [0.2, 0.25) is 5.02 Å². The fourth-order valence-corrected chi connectivity index (χ4v) is 5.60. The number of amides is 2. The van der Waals surface area contributed by atoms with Gasteiger partial charge in [0, 0.05) is 24.7 Å². The Morgan fingerprint density at radius 3 is 2.61 bits per heavy atom. The van der Waals surface area contributed by atoms with Crippen LogP contribution >= 0.6 is 11.6 Å². The lowest BCUT2D eigenvalue weighted by atomic mass is 9.97. The van der Waals surface area contributed by atoms with Crippen molar-refractivity contribution < 1.29 is 27.5 Å². The summed E-state index contributed by atoms with van der Waals surface area (Å²) in [7, 11) is -2.27. The van der Waals surface area contributed by atoms with Gasteiger partial charge in [-0.25, -0.2) is 8.42 Å². The molecule has 2 aliphatic rings. The third-order valence-corrected chi connectivity index (χ3v) is 7.95. The number of piperidine rings is 1. The van der Waals surface area contributed by atoms with Gasteiger partial charge in [-0.1, -0.05) is 11.6 Å². The number of hydrogen-bond donors (Lipinski definition) is 2. The van der Waals surface area contributed by atoms with Crippen molar-refractivity contribution in [1.82, 2.24) is 4.31 Å². The summed E-state index contributed by atoms with van der Waals surface area (Å²) in [5.74, 6) is 0.0964. The van der Waals surface area contributed by atoms with Crippen LogP contribution in [0.5, 0.6) is 11.5 Å². The van der Waals surface area contributed by atoms with E-state index in [0.29, 0.717) is 40.7 Å². The van der Waals surface area contributed by atoms with Crippen LogP contribution in [0.25, 0.3) is 0 Å². The highest BCUT2D eigenvalue weighted by Gasteiger charge is 2.33. The van der Waals surface area contributed by atoms with E-state index in [0.717, 1.165) is 0 Å². The molecule has 2 aromatic rings. The molecule has 9 nitrogen and oxygen atoms in total. The molecule has 1 saturated heterocycles. The normalized spacial score (nSPS) is 19.2. The number of halogens is 1. The number of ether oxygens (including phenoxy) is 2. The molecule has 0 radical (unpaired) electrons. The van der Waals surface area contributed by atoms with Crippen molar-refractivity contribution in [2.45, 2.75) is 30.8 Å². The second-order valence-corrected chi connectivity index (χ2v) is 10.3. The van der Waals surface area contributed by atoms with Crippen LogP contribution in [-0.2, 0) is 19.6 Å². The molecule has 4 rings (SSSR count). The van der Waals surface area contributed by atoms with Crippen molar-refractivity contribution in [3.63, 3.8) is 0 Å². The summed E-state index contributed by atoms with van der Waals surface area (Å²) < 4.78 is 38.2. The molecule has 1 fully saturated rings. The zero-order valence-corrected chi connectivity index (χ0v) is 19.7. The van der Waals surface area contributed by atoms with Gasteiger partial charge in [-0.15, -0.1) is 0 Å². The van der Waals surface area contributed by atoms with Gasteiger partial charge in [0.2, 0.25) is 15.9 Å². The quantitative estimate of drug-likeness (QED) is 0.661. The average molecular weight is 494 g/mol. The van der Waals surface area contributed by atoms with Crippen molar-refractivity contribution in [3.05, 3.63) is 41.4 Å². The maximum absolute atomic E-state index is 13.1. The van der Waals surface area contributed by atoms with E-state index >= 15 is 0 Å². The molecule has 2 heterocycles. The van der Waals surface area contributed by atoms with Gasteiger partial charge in [-0.05, 0) is 56.2 Å². The summed E-state index contributed by atoms with van der Waals surface area (Å²) in [4.78, 5) is 24.6. The molecule has 0 spiro atoms.